The van der Waals surface area contributed by atoms with Gasteiger partial charge in [0, 0.05) is 11.0 Å². The first-order valence-corrected chi connectivity index (χ1v) is 6.66. The Morgan fingerprint density at radius 3 is 2.72 bits per heavy atom. The molecule has 5 heteroatoms. The predicted molar refractivity (Wildman–Crippen MR) is 78.2 cm³/mol. The molecule has 0 aliphatic carbocycles. The number of hydrogen-bond donors (Lipinski definition) is 2. The van der Waals surface area contributed by atoms with E-state index in [0.29, 0.717) is 0 Å². The van der Waals surface area contributed by atoms with Gasteiger partial charge in [0.25, 0.3) is 0 Å². The van der Waals surface area contributed by atoms with Crippen LogP contribution in [0, 0.1) is 0 Å². The SMILES string of the molecule is CCCNc1cncc(Nc2ccccc2Br)n1. The maximum absolute atomic E-state index is 4.44. The van der Waals surface area contributed by atoms with E-state index in [-0.39, 0.29) is 0 Å². The smallest absolute Gasteiger partial charge is 0.151 e. The van der Waals surface area contributed by atoms with Crippen LogP contribution < -0.4 is 10.6 Å². The molecular formula is C13H15BrN4. The molecule has 0 fully saturated rings. The third kappa shape index (κ3) is 3.43. The second kappa shape index (κ2) is 6.35. The van der Waals surface area contributed by atoms with Gasteiger partial charge in [-0.2, -0.15) is 0 Å². The molecular weight excluding hydrogens is 292 g/mol. The molecule has 2 N–H and O–H groups in total. The molecule has 1 aromatic heterocycles. The van der Waals surface area contributed by atoms with Crippen molar-refractivity contribution < 1.29 is 0 Å². The quantitative estimate of drug-likeness (QED) is 0.882. The fraction of sp³-hybridized carbons (Fsp3) is 0.231. The Morgan fingerprint density at radius 1 is 1.17 bits per heavy atom. The van der Waals surface area contributed by atoms with Crippen LogP contribution in [-0.4, -0.2) is 16.5 Å². The Labute approximate surface area is 115 Å². The van der Waals surface area contributed by atoms with Gasteiger partial charge in [-0.1, -0.05) is 19.1 Å². The second-order valence-electron chi connectivity index (χ2n) is 3.82. The van der Waals surface area contributed by atoms with E-state index in [9.17, 15) is 0 Å². The summed E-state index contributed by atoms with van der Waals surface area (Å²) in [5, 5.41) is 6.44. The normalized spacial score (nSPS) is 10.1. The molecule has 1 aromatic carbocycles. The third-order valence-corrected chi connectivity index (χ3v) is 3.02. The van der Waals surface area contributed by atoms with Gasteiger partial charge in [0.2, 0.25) is 0 Å². The standard InChI is InChI=1S/C13H15BrN4/c1-2-7-16-12-8-15-9-13(18-12)17-11-6-4-3-5-10(11)14/h3-6,8-9H,2,7H2,1H3,(H2,16,17,18). The summed E-state index contributed by atoms with van der Waals surface area (Å²) in [5.74, 6) is 1.51. The number of rotatable bonds is 5. The number of aromatic nitrogens is 2. The molecule has 0 saturated heterocycles. The predicted octanol–water partition coefficient (Wildman–Crippen LogP) is 3.80. The van der Waals surface area contributed by atoms with Crippen LogP contribution in [0.1, 0.15) is 13.3 Å². The molecule has 1 heterocycles. The van der Waals surface area contributed by atoms with Crippen molar-refractivity contribution >= 4 is 33.3 Å². The van der Waals surface area contributed by atoms with Crippen molar-refractivity contribution in [3.8, 4) is 0 Å². The lowest BCUT2D eigenvalue weighted by atomic mass is 10.3. The van der Waals surface area contributed by atoms with Gasteiger partial charge in [0.05, 0.1) is 18.1 Å². The minimum Gasteiger partial charge on any atom is -0.369 e. The van der Waals surface area contributed by atoms with Crippen LogP contribution in [0.4, 0.5) is 17.3 Å². The number of benzene rings is 1. The van der Waals surface area contributed by atoms with Gasteiger partial charge >= 0.3 is 0 Å². The van der Waals surface area contributed by atoms with Gasteiger partial charge in [-0.3, -0.25) is 4.98 Å². The van der Waals surface area contributed by atoms with E-state index < -0.39 is 0 Å². The lowest BCUT2D eigenvalue weighted by molar-refractivity contribution is 0.965. The molecule has 0 aliphatic heterocycles. The summed E-state index contributed by atoms with van der Waals surface area (Å²) in [6, 6.07) is 7.91. The molecule has 0 bridgehead atoms. The Bertz CT molecular complexity index is 516. The van der Waals surface area contributed by atoms with E-state index in [1.54, 1.807) is 12.4 Å². The molecule has 2 rings (SSSR count). The summed E-state index contributed by atoms with van der Waals surface area (Å²) in [7, 11) is 0. The van der Waals surface area contributed by atoms with E-state index in [0.717, 1.165) is 34.8 Å². The first kappa shape index (κ1) is 12.8. The van der Waals surface area contributed by atoms with E-state index in [4.69, 9.17) is 0 Å². The number of halogens is 1. The Balaban J connectivity index is 2.12. The zero-order chi connectivity index (χ0) is 12.8. The maximum atomic E-state index is 4.44. The number of hydrogen-bond acceptors (Lipinski definition) is 4. The summed E-state index contributed by atoms with van der Waals surface area (Å²) >= 11 is 3.49. The summed E-state index contributed by atoms with van der Waals surface area (Å²) < 4.78 is 0.999. The monoisotopic (exact) mass is 306 g/mol. The van der Waals surface area contributed by atoms with Crippen LogP contribution in [0.15, 0.2) is 41.1 Å². The molecule has 2 aromatic rings. The fourth-order valence-corrected chi connectivity index (χ4v) is 1.85. The summed E-state index contributed by atoms with van der Waals surface area (Å²) in [5.41, 5.74) is 0.972. The summed E-state index contributed by atoms with van der Waals surface area (Å²) in [4.78, 5) is 8.60. The minimum absolute atomic E-state index is 0.725. The lowest BCUT2D eigenvalue weighted by Crippen LogP contribution is -2.04. The van der Waals surface area contributed by atoms with Crippen molar-refractivity contribution in [1.82, 2.24) is 9.97 Å². The van der Waals surface area contributed by atoms with Gasteiger partial charge in [0.1, 0.15) is 5.82 Å². The van der Waals surface area contributed by atoms with Crippen molar-refractivity contribution in [2.45, 2.75) is 13.3 Å². The zero-order valence-electron chi connectivity index (χ0n) is 10.2. The molecule has 0 unspecified atom stereocenters. The van der Waals surface area contributed by atoms with E-state index >= 15 is 0 Å². The lowest BCUT2D eigenvalue weighted by Gasteiger charge is -2.09. The van der Waals surface area contributed by atoms with Crippen LogP contribution in [0.25, 0.3) is 0 Å². The summed E-state index contributed by atoms with van der Waals surface area (Å²) in [6.45, 7) is 3.01. The van der Waals surface area contributed by atoms with Crippen molar-refractivity contribution in [3.63, 3.8) is 0 Å². The van der Waals surface area contributed by atoms with Gasteiger partial charge < -0.3 is 10.6 Å². The van der Waals surface area contributed by atoms with Crippen molar-refractivity contribution in [2.24, 2.45) is 0 Å². The van der Waals surface area contributed by atoms with Crippen molar-refractivity contribution in [2.75, 3.05) is 17.2 Å². The van der Waals surface area contributed by atoms with Crippen LogP contribution in [-0.2, 0) is 0 Å². The average molecular weight is 307 g/mol. The first-order valence-electron chi connectivity index (χ1n) is 5.87. The zero-order valence-corrected chi connectivity index (χ0v) is 11.7. The molecule has 0 amide bonds. The molecule has 4 nitrogen and oxygen atoms in total. The highest BCUT2D eigenvalue weighted by atomic mass is 79.9. The van der Waals surface area contributed by atoms with E-state index in [2.05, 4.69) is 43.5 Å². The van der Waals surface area contributed by atoms with Gasteiger partial charge in [-0.25, -0.2) is 4.98 Å². The largest absolute Gasteiger partial charge is 0.369 e. The highest BCUT2D eigenvalue weighted by Gasteiger charge is 2.01. The third-order valence-electron chi connectivity index (χ3n) is 2.33. The Kier molecular flexibility index (Phi) is 4.52. The summed E-state index contributed by atoms with van der Waals surface area (Å²) in [6.07, 6.45) is 4.49. The highest BCUT2D eigenvalue weighted by Crippen LogP contribution is 2.24. The van der Waals surface area contributed by atoms with Gasteiger partial charge in [0.15, 0.2) is 5.82 Å². The van der Waals surface area contributed by atoms with Crippen molar-refractivity contribution in [3.05, 3.63) is 41.1 Å². The fourth-order valence-electron chi connectivity index (χ4n) is 1.46. The Hall–Kier alpha value is -1.62. The molecule has 94 valence electrons. The minimum atomic E-state index is 0.725. The van der Waals surface area contributed by atoms with E-state index in [1.165, 1.54) is 0 Å². The number of nitrogens with zero attached hydrogens (tertiary/aromatic N) is 2. The molecule has 0 radical (unpaired) electrons. The van der Waals surface area contributed by atoms with Gasteiger partial charge in [-0.05, 0) is 34.5 Å². The van der Waals surface area contributed by atoms with Crippen molar-refractivity contribution in [1.29, 1.82) is 0 Å². The average Bonchev–Trinajstić information content (AvgIpc) is 2.40. The maximum Gasteiger partial charge on any atom is 0.151 e. The number of para-hydroxylation sites is 1. The molecule has 0 spiro atoms. The molecule has 18 heavy (non-hydrogen) atoms. The van der Waals surface area contributed by atoms with Gasteiger partial charge in [-0.15, -0.1) is 0 Å². The second-order valence-corrected chi connectivity index (χ2v) is 4.68. The van der Waals surface area contributed by atoms with Crippen LogP contribution in [0.5, 0.6) is 0 Å². The number of nitrogens with one attached hydrogen (secondary N) is 2. The Morgan fingerprint density at radius 2 is 1.94 bits per heavy atom. The molecule has 0 atom stereocenters. The first-order chi connectivity index (χ1) is 8.79. The van der Waals surface area contributed by atoms with Crippen LogP contribution in [0.2, 0.25) is 0 Å². The van der Waals surface area contributed by atoms with E-state index in [1.807, 2.05) is 24.3 Å². The topological polar surface area (TPSA) is 49.8 Å². The number of anilines is 3. The molecule has 0 saturated carbocycles. The van der Waals surface area contributed by atoms with Crippen LogP contribution >= 0.6 is 15.9 Å². The van der Waals surface area contributed by atoms with Crippen LogP contribution in [0.3, 0.4) is 0 Å². The molecule has 0 aliphatic rings. The highest BCUT2D eigenvalue weighted by molar-refractivity contribution is 9.10.